The third kappa shape index (κ3) is 3.74. The predicted molar refractivity (Wildman–Crippen MR) is 109 cm³/mol. The summed E-state index contributed by atoms with van der Waals surface area (Å²) < 4.78 is 87.1. The minimum absolute atomic E-state index is 0.00984. The number of primary amides is 1. The molecule has 3 N–H and O–H groups in total. The van der Waals surface area contributed by atoms with Gasteiger partial charge in [0.05, 0.1) is 13.7 Å². The molecule has 1 saturated heterocycles. The van der Waals surface area contributed by atoms with Gasteiger partial charge in [0.1, 0.15) is 11.8 Å². The van der Waals surface area contributed by atoms with E-state index in [-0.39, 0.29) is 17.9 Å². The highest BCUT2D eigenvalue weighted by Gasteiger charge is 2.66. The number of nitrogens with zero attached hydrogens (tertiary/aromatic N) is 1. The van der Waals surface area contributed by atoms with E-state index < -0.39 is 59.2 Å². The van der Waals surface area contributed by atoms with E-state index in [1.54, 1.807) is 0 Å². The lowest BCUT2D eigenvalue weighted by Crippen LogP contribution is -2.48. The number of aromatic nitrogens is 1. The highest BCUT2D eigenvalue weighted by atomic mass is 19.4. The van der Waals surface area contributed by atoms with Crippen molar-refractivity contribution in [3.8, 4) is 5.75 Å². The van der Waals surface area contributed by atoms with Crippen LogP contribution in [-0.4, -0.2) is 42.1 Å². The minimum atomic E-state index is -4.78. The number of carbonyl (C=O) groups is 1. The molecule has 3 heterocycles. The largest absolute Gasteiger partial charge is 0.493 e. The molecule has 4 rings (SSSR count). The number of amides is 1. The Bertz CT molecular complexity index is 1130. The highest BCUT2D eigenvalue weighted by Crippen LogP contribution is 2.56. The van der Waals surface area contributed by atoms with E-state index in [1.165, 1.54) is 25.3 Å². The van der Waals surface area contributed by atoms with Crippen molar-refractivity contribution in [2.24, 2.45) is 11.7 Å². The molecule has 0 bridgehead atoms. The molecule has 1 aromatic heterocycles. The predicted octanol–water partition coefficient (Wildman–Crippen LogP) is 3.88. The summed E-state index contributed by atoms with van der Waals surface area (Å²) in [6, 6.07) is 3.37. The summed E-state index contributed by atoms with van der Waals surface area (Å²) in [5.74, 6) is -6.14. The zero-order valence-corrected chi connectivity index (χ0v) is 18.4. The Hall–Kier alpha value is -2.99. The van der Waals surface area contributed by atoms with Gasteiger partial charge < -0.3 is 25.3 Å². The van der Waals surface area contributed by atoms with E-state index in [2.05, 4.69) is 10.3 Å². The molecule has 1 fully saturated rings. The molecule has 184 valence electrons. The monoisotopic (exact) mass is 487 g/mol. The van der Waals surface area contributed by atoms with Gasteiger partial charge in [0, 0.05) is 34.8 Å². The average Bonchev–Trinajstić information content (AvgIpc) is 3.06. The van der Waals surface area contributed by atoms with Crippen LogP contribution in [0.4, 0.5) is 27.6 Å². The first kappa shape index (κ1) is 24.1. The van der Waals surface area contributed by atoms with Crippen LogP contribution in [0.15, 0.2) is 24.4 Å². The third-order valence-electron chi connectivity index (χ3n) is 6.60. The van der Waals surface area contributed by atoms with Crippen LogP contribution >= 0.6 is 0 Å². The van der Waals surface area contributed by atoms with Crippen LogP contribution in [0.2, 0.25) is 0 Å². The van der Waals surface area contributed by atoms with Gasteiger partial charge in [-0.15, -0.1) is 0 Å². The van der Waals surface area contributed by atoms with E-state index in [4.69, 9.17) is 19.9 Å². The number of hydrogen-bond acceptors (Lipinski definition) is 6. The number of pyridine rings is 1. The molecular formula is C22H22F5N3O4. The molecule has 0 radical (unpaired) electrons. The topological polar surface area (TPSA) is 95.7 Å². The average molecular weight is 487 g/mol. The number of benzene rings is 1. The zero-order chi connectivity index (χ0) is 25.0. The number of hydrogen-bond donors (Lipinski definition) is 2. The Kier molecular flexibility index (Phi) is 5.93. The third-order valence-corrected chi connectivity index (χ3v) is 6.60. The van der Waals surface area contributed by atoms with Crippen molar-refractivity contribution < 1.29 is 41.0 Å². The summed E-state index contributed by atoms with van der Waals surface area (Å²) in [5.41, 5.74) is 3.54. The first-order valence-electron chi connectivity index (χ1n) is 10.3. The molecule has 1 aromatic carbocycles. The quantitative estimate of drug-likeness (QED) is 0.636. The van der Waals surface area contributed by atoms with E-state index in [1.807, 2.05) is 0 Å². The molecule has 2 aromatic rings. The lowest BCUT2D eigenvalue weighted by molar-refractivity contribution is -0.280. The molecular weight excluding hydrogens is 465 g/mol. The number of ether oxygens (including phenoxy) is 3. The summed E-state index contributed by atoms with van der Waals surface area (Å²) in [5, 5.41) is 2.94. The fourth-order valence-corrected chi connectivity index (χ4v) is 4.55. The molecule has 0 spiro atoms. The molecule has 12 heteroatoms. The molecule has 0 saturated carbocycles. The normalized spacial score (nSPS) is 28.8. The van der Waals surface area contributed by atoms with Gasteiger partial charge in [-0.1, -0.05) is 13.0 Å². The van der Waals surface area contributed by atoms with Crippen molar-refractivity contribution >= 4 is 11.6 Å². The van der Waals surface area contributed by atoms with Crippen LogP contribution in [0.25, 0.3) is 0 Å². The first-order valence-corrected chi connectivity index (χ1v) is 10.3. The van der Waals surface area contributed by atoms with E-state index in [0.29, 0.717) is 11.3 Å². The van der Waals surface area contributed by atoms with E-state index in [9.17, 15) is 26.7 Å². The number of methoxy groups -OCH3 is 1. The van der Waals surface area contributed by atoms with E-state index in [0.717, 1.165) is 20.1 Å². The number of alkyl halides is 3. The molecule has 2 aliphatic heterocycles. The maximum atomic E-state index is 14.5. The molecule has 0 unspecified atom stereocenters. The number of anilines is 1. The fourth-order valence-electron chi connectivity index (χ4n) is 4.55. The summed E-state index contributed by atoms with van der Waals surface area (Å²) in [7, 11) is 1.10. The van der Waals surface area contributed by atoms with E-state index >= 15 is 0 Å². The van der Waals surface area contributed by atoms with Crippen molar-refractivity contribution in [2.45, 2.75) is 50.5 Å². The first-order chi connectivity index (χ1) is 15.9. The van der Waals surface area contributed by atoms with Gasteiger partial charge in [0.15, 0.2) is 23.4 Å². The molecule has 5 atom stereocenters. The Morgan fingerprint density at radius 3 is 2.65 bits per heavy atom. The van der Waals surface area contributed by atoms with Crippen LogP contribution in [0.3, 0.4) is 0 Å². The zero-order valence-electron chi connectivity index (χ0n) is 18.4. The van der Waals surface area contributed by atoms with Crippen LogP contribution in [0.5, 0.6) is 5.75 Å². The van der Waals surface area contributed by atoms with Gasteiger partial charge in [-0.3, -0.25) is 9.78 Å². The highest BCUT2D eigenvalue weighted by molar-refractivity contribution is 5.91. The second kappa shape index (κ2) is 8.35. The number of fused-ring (bicyclic) bond motifs is 1. The van der Waals surface area contributed by atoms with Crippen LogP contribution in [0, 0.1) is 17.6 Å². The number of rotatable bonds is 4. The van der Waals surface area contributed by atoms with Crippen molar-refractivity contribution in [1.29, 1.82) is 0 Å². The summed E-state index contributed by atoms with van der Waals surface area (Å²) in [4.78, 5) is 15.4. The molecule has 34 heavy (non-hydrogen) atoms. The number of carbonyl (C=O) groups excluding carboxylic acids is 1. The minimum Gasteiger partial charge on any atom is -0.493 e. The van der Waals surface area contributed by atoms with Gasteiger partial charge in [-0.05, 0) is 19.1 Å². The number of nitrogens with two attached hydrogens (primary N) is 1. The molecule has 7 nitrogen and oxygen atoms in total. The molecule has 2 aliphatic rings. The van der Waals surface area contributed by atoms with Crippen molar-refractivity contribution in [3.63, 3.8) is 0 Å². The Labute approximate surface area is 191 Å². The smallest absolute Gasteiger partial charge is 0.417 e. The van der Waals surface area contributed by atoms with Gasteiger partial charge in [0.2, 0.25) is 5.82 Å². The number of nitrogens with one attached hydrogen (secondary N) is 1. The van der Waals surface area contributed by atoms with Crippen LogP contribution in [0.1, 0.15) is 41.4 Å². The van der Waals surface area contributed by atoms with Gasteiger partial charge in [0.25, 0.3) is 5.91 Å². The van der Waals surface area contributed by atoms with Crippen molar-refractivity contribution in [2.75, 3.05) is 12.4 Å². The standard InChI is InChI=1S/C22H22F5N3O4/c1-9-15(11-4-5-12(23)16(24)17(11)32-3)18(34-21(9,2)22(25,26)27)20-30-13-6-14(19(28)31)29-7-10(13)8-33-20/h4-7,9,15,18,20,30H,8H2,1-3H3,(H2,28,31)/t9-,15-,18+,20+,21+/m0/s1. The summed E-state index contributed by atoms with van der Waals surface area (Å²) in [6.45, 7) is 2.19. The van der Waals surface area contributed by atoms with Gasteiger partial charge >= 0.3 is 6.18 Å². The SMILES string of the molecule is COc1c([C@H]2[C@H]([C@@H]3Nc4cc(C(N)=O)ncc4CO3)O[C@@](C)(C(F)(F)F)[C@H]2C)ccc(F)c1F. The fraction of sp³-hybridized carbons (Fsp3) is 0.455. The second-order valence-corrected chi connectivity index (χ2v) is 8.45. The summed E-state index contributed by atoms with van der Waals surface area (Å²) in [6.07, 6.45) is -5.84. The maximum Gasteiger partial charge on any atom is 0.417 e. The van der Waals surface area contributed by atoms with Gasteiger partial charge in [-0.25, -0.2) is 4.39 Å². The maximum absolute atomic E-state index is 14.5. The van der Waals surface area contributed by atoms with Gasteiger partial charge in [-0.2, -0.15) is 17.6 Å². The van der Waals surface area contributed by atoms with Crippen molar-refractivity contribution in [1.82, 2.24) is 4.98 Å². The van der Waals surface area contributed by atoms with Crippen molar-refractivity contribution in [3.05, 3.63) is 52.9 Å². The lowest BCUT2D eigenvalue weighted by atomic mass is 9.76. The Balaban J connectivity index is 1.79. The Morgan fingerprint density at radius 2 is 2.03 bits per heavy atom. The second-order valence-electron chi connectivity index (χ2n) is 8.45. The van der Waals surface area contributed by atoms with Crippen LogP contribution in [-0.2, 0) is 16.1 Å². The molecule has 1 amide bonds. The van der Waals surface area contributed by atoms with Crippen LogP contribution < -0.4 is 15.8 Å². The lowest BCUT2D eigenvalue weighted by Gasteiger charge is -2.35. The summed E-state index contributed by atoms with van der Waals surface area (Å²) >= 11 is 0. The Morgan fingerprint density at radius 1 is 1.32 bits per heavy atom. The molecule has 0 aliphatic carbocycles. The number of halogens is 5.